The second-order valence-corrected chi connectivity index (χ2v) is 6.57. The smallest absolute Gasteiger partial charge is 0.272 e. The van der Waals surface area contributed by atoms with E-state index in [1.54, 1.807) is 31.9 Å². The molecule has 1 aromatic heterocycles. The van der Waals surface area contributed by atoms with Gasteiger partial charge in [0.15, 0.2) is 0 Å². The molecule has 1 fully saturated rings. The molecule has 0 radical (unpaired) electrons. The Morgan fingerprint density at radius 2 is 2.13 bits per heavy atom. The highest BCUT2D eigenvalue weighted by Gasteiger charge is 2.39. The zero-order valence-corrected chi connectivity index (χ0v) is 13.7. The van der Waals surface area contributed by atoms with E-state index < -0.39 is 5.60 Å². The van der Waals surface area contributed by atoms with Crippen LogP contribution in [-0.4, -0.2) is 46.2 Å². The lowest BCUT2D eigenvalue weighted by Gasteiger charge is -2.33. The number of fused-ring (bicyclic) bond motifs is 1. The summed E-state index contributed by atoms with van der Waals surface area (Å²) in [7, 11) is 1.62. The first-order chi connectivity index (χ1) is 10.9. The maximum Gasteiger partial charge on any atom is 0.272 e. The summed E-state index contributed by atoms with van der Waals surface area (Å²) in [4.78, 5) is 19.0. The second kappa shape index (κ2) is 5.81. The highest BCUT2D eigenvalue weighted by atomic mass is 16.5. The van der Waals surface area contributed by atoms with Gasteiger partial charge in [-0.1, -0.05) is 6.07 Å². The first-order valence-corrected chi connectivity index (χ1v) is 7.88. The minimum absolute atomic E-state index is 0.118. The van der Waals surface area contributed by atoms with Crippen molar-refractivity contribution in [1.29, 1.82) is 0 Å². The third-order valence-corrected chi connectivity index (χ3v) is 4.44. The van der Waals surface area contributed by atoms with Crippen LogP contribution in [0.1, 0.15) is 37.2 Å². The number of pyridine rings is 1. The van der Waals surface area contributed by atoms with E-state index in [-0.39, 0.29) is 11.9 Å². The lowest BCUT2D eigenvalue weighted by atomic mass is 9.96. The maximum absolute atomic E-state index is 12.8. The van der Waals surface area contributed by atoms with Gasteiger partial charge in [0.1, 0.15) is 11.4 Å². The maximum atomic E-state index is 12.8. The molecule has 1 aromatic carbocycles. The van der Waals surface area contributed by atoms with Crippen molar-refractivity contribution in [1.82, 2.24) is 9.88 Å². The van der Waals surface area contributed by atoms with Gasteiger partial charge in [-0.3, -0.25) is 4.79 Å². The fraction of sp³-hybridized carbons (Fsp3) is 0.444. The van der Waals surface area contributed by atoms with Crippen molar-refractivity contribution in [3.8, 4) is 5.75 Å². The molecule has 5 nitrogen and oxygen atoms in total. The molecule has 1 N–H and O–H groups in total. The largest absolute Gasteiger partial charge is 0.497 e. The molecule has 1 aliphatic rings. The normalized spacial score (nSPS) is 18.4. The molecule has 1 aliphatic heterocycles. The highest BCUT2D eigenvalue weighted by molar-refractivity contribution is 5.95. The Labute approximate surface area is 135 Å². The van der Waals surface area contributed by atoms with Crippen molar-refractivity contribution in [2.24, 2.45) is 0 Å². The third kappa shape index (κ3) is 3.01. The van der Waals surface area contributed by atoms with Crippen LogP contribution in [0.5, 0.6) is 5.75 Å². The molecule has 5 heteroatoms. The molecule has 1 unspecified atom stereocenters. The van der Waals surface area contributed by atoms with Crippen molar-refractivity contribution in [3.05, 3.63) is 36.0 Å². The molecule has 0 spiro atoms. The van der Waals surface area contributed by atoms with Crippen LogP contribution >= 0.6 is 0 Å². The van der Waals surface area contributed by atoms with E-state index in [9.17, 15) is 9.90 Å². The fourth-order valence-electron chi connectivity index (χ4n) is 3.24. The molecular formula is C18H22N2O3. The van der Waals surface area contributed by atoms with Gasteiger partial charge >= 0.3 is 0 Å². The number of aliphatic hydroxyl groups is 1. The van der Waals surface area contributed by atoms with Crippen LogP contribution in [0.3, 0.4) is 0 Å². The Hall–Kier alpha value is -2.14. The summed E-state index contributed by atoms with van der Waals surface area (Å²) in [5.74, 6) is 0.646. The molecule has 1 atom stereocenters. The van der Waals surface area contributed by atoms with E-state index in [0.717, 1.165) is 29.5 Å². The molecular weight excluding hydrogens is 292 g/mol. The summed E-state index contributed by atoms with van der Waals surface area (Å²) in [6.07, 6.45) is 1.73. The van der Waals surface area contributed by atoms with E-state index in [0.29, 0.717) is 12.2 Å². The number of likely N-dealkylation sites (tertiary alicyclic amines) is 1. The van der Waals surface area contributed by atoms with E-state index in [1.807, 2.05) is 24.3 Å². The number of carbonyl (C=O) groups is 1. The van der Waals surface area contributed by atoms with Crippen LogP contribution in [0.2, 0.25) is 0 Å². The summed E-state index contributed by atoms with van der Waals surface area (Å²) in [5, 5.41) is 11.2. The number of carbonyl (C=O) groups excluding carboxylic acids is 1. The fourth-order valence-corrected chi connectivity index (χ4v) is 3.24. The SMILES string of the molecule is COc1ccc2nc(C(=O)N3CCCC3C(C)(C)O)ccc2c1. The molecule has 3 rings (SSSR count). The molecule has 23 heavy (non-hydrogen) atoms. The predicted octanol–water partition coefficient (Wildman–Crippen LogP) is 2.62. The number of benzene rings is 1. The van der Waals surface area contributed by atoms with Gasteiger partial charge in [-0.05, 0) is 51.0 Å². The lowest BCUT2D eigenvalue weighted by molar-refractivity contribution is 0.000136. The minimum Gasteiger partial charge on any atom is -0.497 e. The van der Waals surface area contributed by atoms with Gasteiger partial charge in [-0.2, -0.15) is 0 Å². The molecule has 0 saturated carbocycles. The molecule has 1 saturated heterocycles. The molecule has 2 heterocycles. The van der Waals surface area contributed by atoms with Crippen LogP contribution < -0.4 is 4.74 Å². The number of amides is 1. The number of rotatable bonds is 3. The van der Waals surface area contributed by atoms with Crippen LogP contribution in [0.4, 0.5) is 0 Å². The third-order valence-electron chi connectivity index (χ3n) is 4.44. The molecule has 0 bridgehead atoms. The summed E-state index contributed by atoms with van der Waals surface area (Å²) >= 11 is 0. The van der Waals surface area contributed by atoms with Gasteiger partial charge in [-0.15, -0.1) is 0 Å². The number of aromatic nitrogens is 1. The Bertz CT molecular complexity index is 737. The zero-order chi connectivity index (χ0) is 16.6. The monoisotopic (exact) mass is 314 g/mol. The van der Waals surface area contributed by atoms with E-state index in [2.05, 4.69) is 4.98 Å². The zero-order valence-electron chi connectivity index (χ0n) is 13.7. The Balaban J connectivity index is 1.92. The van der Waals surface area contributed by atoms with Gasteiger partial charge in [0.25, 0.3) is 5.91 Å². The number of hydrogen-bond donors (Lipinski definition) is 1. The Morgan fingerprint density at radius 3 is 2.83 bits per heavy atom. The number of nitrogens with zero attached hydrogens (tertiary/aromatic N) is 2. The standard InChI is InChI=1S/C18H22N2O3/c1-18(2,22)16-5-4-10-20(16)17(21)15-8-6-12-11-13(23-3)7-9-14(12)19-15/h6-9,11,16,22H,4-5,10H2,1-3H3. The number of hydrogen-bond acceptors (Lipinski definition) is 4. The van der Waals surface area contributed by atoms with Crippen LogP contribution in [0.15, 0.2) is 30.3 Å². The highest BCUT2D eigenvalue weighted by Crippen LogP contribution is 2.28. The first-order valence-electron chi connectivity index (χ1n) is 7.88. The van der Waals surface area contributed by atoms with Gasteiger partial charge in [0.05, 0.1) is 24.3 Å². The quantitative estimate of drug-likeness (QED) is 0.946. The number of methoxy groups -OCH3 is 1. The van der Waals surface area contributed by atoms with Gasteiger partial charge in [0, 0.05) is 11.9 Å². The minimum atomic E-state index is -0.906. The topological polar surface area (TPSA) is 62.7 Å². The Kier molecular flexibility index (Phi) is 3.98. The van der Waals surface area contributed by atoms with E-state index in [1.165, 1.54) is 0 Å². The van der Waals surface area contributed by atoms with Crippen LogP contribution in [0.25, 0.3) is 10.9 Å². The summed E-state index contributed by atoms with van der Waals surface area (Å²) < 4.78 is 5.20. The van der Waals surface area contributed by atoms with Crippen molar-refractivity contribution in [3.63, 3.8) is 0 Å². The summed E-state index contributed by atoms with van der Waals surface area (Å²) in [6, 6.07) is 9.04. The lowest BCUT2D eigenvalue weighted by Crippen LogP contribution is -2.48. The first kappa shape index (κ1) is 15.7. The average Bonchev–Trinajstić information content (AvgIpc) is 3.03. The molecule has 2 aromatic rings. The van der Waals surface area contributed by atoms with E-state index in [4.69, 9.17) is 4.74 Å². The van der Waals surface area contributed by atoms with Gasteiger partial charge < -0.3 is 14.7 Å². The van der Waals surface area contributed by atoms with Gasteiger partial charge in [-0.25, -0.2) is 4.98 Å². The van der Waals surface area contributed by atoms with Crippen molar-refractivity contribution in [2.75, 3.05) is 13.7 Å². The number of ether oxygens (including phenoxy) is 1. The van der Waals surface area contributed by atoms with Crippen LogP contribution in [0, 0.1) is 0 Å². The van der Waals surface area contributed by atoms with Gasteiger partial charge in [0.2, 0.25) is 0 Å². The molecule has 1 amide bonds. The summed E-state index contributed by atoms with van der Waals surface area (Å²) in [5.41, 5.74) is 0.269. The molecule has 122 valence electrons. The van der Waals surface area contributed by atoms with Crippen molar-refractivity contribution >= 4 is 16.8 Å². The van der Waals surface area contributed by atoms with E-state index >= 15 is 0 Å². The predicted molar refractivity (Wildman–Crippen MR) is 88.7 cm³/mol. The Morgan fingerprint density at radius 1 is 1.35 bits per heavy atom. The van der Waals surface area contributed by atoms with Crippen LogP contribution in [-0.2, 0) is 0 Å². The second-order valence-electron chi connectivity index (χ2n) is 6.57. The van der Waals surface area contributed by atoms with Crippen molar-refractivity contribution < 1.29 is 14.6 Å². The molecule has 0 aliphatic carbocycles. The average molecular weight is 314 g/mol. The van der Waals surface area contributed by atoms with Crippen molar-refractivity contribution in [2.45, 2.75) is 38.3 Å². The summed E-state index contributed by atoms with van der Waals surface area (Å²) in [6.45, 7) is 4.17.